The van der Waals surface area contributed by atoms with E-state index >= 15 is 0 Å². The molecular formula is C20H22BrFN2O2. The summed E-state index contributed by atoms with van der Waals surface area (Å²) in [4.78, 5) is 4.67. The Hall–Kier alpha value is -1.50. The zero-order chi connectivity index (χ0) is 18.7. The largest absolute Gasteiger partial charge is 0.490 e. The standard InChI is InChI=1S/C20H22BrFN2O2/c1-19(2)10-26-18-13(19)8-15(20(25,9-23)11-6-7-11)24-17(18)12-4-3-5-14(21)16(12)22/h3-5,8,11,25H,6-7,9-10,23H2,1-2H3/t20-/m1/s1. The number of nitrogens with two attached hydrogens (primary N) is 1. The van der Waals surface area contributed by atoms with Crippen LogP contribution >= 0.6 is 15.9 Å². The number of aliphatic hydroxyl groups is 1. The molecule has 1 fully saturated rings. The van der Waals surface area contributed by atoms with Crippen LogP contribution in [0.4, 0.5) is 4.39 Å². The zero-order valence-corrected chi connectivity index (χ0v) is 16.4. The molecule has 0 saturated heterocycles. The van der Waals surface area contributed by atoms with Gasteiger partial charge in [0.2, 0.25) is 0 Å². The van der Waals surface area contributed by atoms with E-state index in [4.69, 9.17) is 10.5 Å². The van der Waals surface area contributed by atoms with E-state index in [9.17, 15) is 9.50 Å². The molecule has 138 valence electrons. The fourth-order valence-electron chi connectivity index (χ4n) is 3.64. The number of nitrogens with zero attached hydrogens (tertiary/aromatic N) is 1. The van der Waals surface area contributed by atoms with Crippen molar-refractivity contribution >= 4 is 15.9 Å². The third-order valence-corrected chi connectivity index (χ3v) is 6.11. The van der Waals surface area contributed by atoms with Gasteiger partial charge in [-0.05, 0) is 52.9 Å². The number of halogens is 2. The van der Waals surface area contributed by atoms with Crippen LogP contribution in [0.3, 0.4) is 0 Å². The Morgan fingerprint density at radius 1 is 1.42 bits per heavy atom. The first-order valence-corrected chi connectivity index (χ1v) is 9.63. The van der Waals surface area contributed by atoms with Crippen molar-refractivity contribution in [3.63, 3.8) is 0 Å². The molecule has 1 aromatic heterocycles. The second kappa shape index (κ2) is 6.01. The molecule has 2 aromatic rings. The van der Waals surface area contributed by atoms with Crippen LogP contribution in [-0.2, 0) is 11.0 Å². The highest BCUT2D eigenvalue weighted by Crippen LogP contribution is 2.50. The molecule has 1 aromatic carbocycles. The van der Waals surface area contributed by atoms with Crippen LogP contribution in [0, 0.1) is 11.7 Å². The van der Waals surface area contributed by atoms with Gasteiger partial charge in [-0.15, -0.1) is 0 Å². The third-order valence-electron chi connectivity index (χ3n) is 5.49. The number of pyridine rings is 1. The quantitative estimate of drug-likeness (QED) is 0.787. The van der Waals surface area contributed by atoms with Crippen molar-refractivity contribution < 1.29 is 14.2 Å². The monoisotopic (exact) mass is 420 g/mol. The van der Waals surface area contributed by atoms with Crippen LogP contribution < -0.4 is 10.5 Å². The first-order valence-electron chi connectivity index (χ1n) is 8.83. The predicted molar refractivity (Wildman–Crippen MR) is 102 cm³/mol. The second-order valence-electron chi connectivity index (χ2n) is 7.91. The minimum Gasteiger partial charge on any atom is -0.490 e. The molecule has 1 aliphatic carbocycles. The van der Waals surface area contributed by atoms with Crippen molar-refractivity contribution in [2.45, 2.75) is 37.7 Å². The van der Waals surface area contributed by atoms with Gasteiger partial charge in [0.15, 0.2) is 0 Å². The molecule has 0 radical (unpaired) electrons. The van der Waals surface area contributed by atoms with Gasteiger partial charge in [-0.1, -0.05) is 19.9 Å². The molecule has 1 aliphatic heterocycles. The van der Waals surface area contributed by atoms with Crippen molar-refractivity contribution in [3.05, 3.63) is 45.8 Å². The van der Waals surface area contributed by atoms with E-state index in [1.807, 2.05) is 6.07 Å². The summed E-state index contributed by atoms with van der Waals surface area (Å²) in [6.45, 7) is 4.72. The minimum atomic E-state index is -1.19. The first-order chi connectivity index (χ1) is 12.3. The van der Waals surface area contributed by atoms with Gasteiger partial charge < -0.3 is 15.6 Å². The molecule has 3 N–H and O–H groups in total. The third kappa shape index (κ3) is 2.66. The van der Waals surface area contributed by atoms with Crippen LogP contribution in [0.25, 0.3) is 11.3 Å². The lowest BCUT2D eigenvalue weighted by atomic mass is 9.83. The van der Waals surface area contributed by atoms with Crippen LogP contribution in [0.1, 0.15) is 37.9 Å². The Kier molecular flexibility index (Phi) is 4.13. The van der Waals surface area contributed by atoms with Crippen LogP contribution in [0.2, 0.25) is 0 Å². The lowest BCUT2D eigenvalue weighted by molar-refractivity contribution is 0.0179. The highest BCUT2D eigenvalue weighted by molar-refractivity contribution is 9.10. The Labute approximate surface area is 160 Å². The van der Waals surface area contributed by atoms with E-state index < -0.39 is 11.4 Å². The van der Waals surface area contributed by atoms with Gasteiger partial charge in [-0.3, -0.25) is 0 Å². The van der Waals surface area contributed by atoms with Gasteiger partial charge in [-0.25, -0.2) is 9.37 Å². The van der Waals surface area contributed by atoms with E-state index in [0.29, 0.717) is 33.8 Å². The van der Waals surface area contributed by atoms with Gasteiger partial charge in [0.05, 0.1) is 16.8 Å². The van der Waals surface area contributed by atoms with Crippen molar-refractivity contribution in [1.82, 2.24) is 4.98 Å². The average molecular weight is 421 g/mol. The molecule has 4 nitrogen and oxygen atoms in total. The summed E-state index contributed by atoms with van der Waals surface area (Å²) in [7, 11) is 0. The summed E-state index contributed by atoms with van der Waals surface area (Å²) in [6.07, 6.45) is 1.85. The SMILES string of the molecule is CC1(C)COc2c1cc([C@@](O)(CN)C1CC1)nc2-c1cccc(Br)c1F. The molecule has 1 saturated carbocycles. The number of hydrogen-bond donors (Lipinski definition) is 2. The van der Waals surface area contributed by atoms with E-state index in [-0.39, 0.29) is 17.9 Å². The van der Waals surface area contributed by atoms with Gasteiger partial charge in [0.1, 0.15) is 22.9 Å². The van der Waals surface area contributed by atoms with Crippen molar-refractivity contribution in [1.29, 1.82) is 0 Å². The Balaban J connectivity index is 1.98. The Morgan fingerprint density at radius 3 is 2.81 bits per heavy atom. The molecule has 4 rings (SSSR count). The second-order valence-corrected chi connectivity index (χ2v) is 8.76. The van der Waals surface area contributed by atoms with E-state index in [2.05, 4.69) is 34.8 Å². The van der Waals surface area contributed by atoms with E-state index in [1.54, 1.807) is 18.2 Å². The fraction of sp³-hybridized carbons (Fsp3) is 0.450. The highest BCUT2D eigenvalue weighted by Gasteiger charge is 2.47. The smallest absolute Gasteiger partial charge is 0.149 e. The molecule has 1 atom stereocenters. The fourth-order valence-corrected chi connectivity index (χ4v) is 4.01. The summed E-state index contributed by atoms with van der Waals surface area (Å²) in [6, 6.07) is 6.99. The number of ether oxygens (including phenoxy) is 1. The lowest BCUT2D eigenvalue weighted by Gasteiger charge is -2.28. The molecule has 0 spiro atoms. The van der Waals surface area contributed by atoms with E-state index in [0.717, 1.165) is 18.4 Å². The number of fused-ring (bicyclic) bond motifs is 1. The van der Waals surface area contributed by atoms with Crippen LogP contribution in [-0.4, -0.2) is 23.2 Å². The number of benzene rings is 1. The van der Waals surface area contributed by atoms with Gasteiger partial charge in [0, 0.05) is 23.1 Å². The van der Waals surface area contributed by atoms with Crippen molar-refractivity contribution in [2.75, 3.05) is 13.2 Å². The Morgan fingerprint density at radius 2 is 2.15 bits per heavy atom. The summed E-state index contributed by atoms with van der Waals surface area (Å²) in [5.74, 6) is 0.296. The summed E-state index contributed by atoms with van der Waals surface area (Å²) < 4.78 is 21.1. The maximum Gasteiger partial charge on any atom is 0.149 e. The summed E-state index contributed by atoms with van der Waals surface area (Å²) in [5, 5.41) is 11.2. The maximum atomic E-state index is 14.8. The van der Waals surface area contributed by atoms with Crippen molar-refractivity contribution in [3.8, 4) is 17.0 Å². The predicted octanol–water partition coefficient (Wildman–Crippen LogP) is 3.88. The molecule has 26 heavy (non-hydrogen) atoms. The molecule has 0 amide bonds. The molecular weight excluding hydrogens is 399 g/mol. The molecule has 2 aliphatic rings. The van der Waals surface area contributed by atoms with Gasteiger partial charge >= 0.3 is 0 Å². The number of hydrogen-bond acceptors (Lipinski definition) is 4. The number of aromatic nitrogens is 1. The highest BCUT2D eigenvalue weighted by atomic mass is 79.9. The molecule has 2 heterocycles. The summed E-state index contributed by atoms with van der Waals surface area (Å²) in [5.41, 5.74) is 6.72. The Bertz CT molecular complexity index is 882. The maximum absolute atomic E-state index is 14.8. The lowest BCUT2D eigenvalue weighted by Crippen LogP contribution is -2.38. The summed E-state index contributed by atoms with van der Waals surface area (Å²) >= 11 is 3.24. The van der Waals surface area contributed by atoms with E-state index in [1.165, 1.54) is 0 Å². The molecule has 0 bridgehead atoms. The molecule has 0 unspecified atom stereocenters. The van der Waals surface area contributed by atoms with Crippen LogP contribution in [0.15, 0.2) is 28.7 Å². The first kappa shape index (κ1) is 17.9. The normalized spacial score (nSPS) is 20.4. The zero-order valence-electron chi connectivity index (χ0n) is 14.9. The topological polar surface area (TPSA) is 68.4 Å². The molecule has 6 heteroatoms. The van der Waals surface area contributed by atoms with Gasteiger partial charge in [-0.2, -0.15) is 0 Å². The number of rotatable bonds is 4. The van der Waals surface area contributed by atoms with Crippen molar-refractivity contribution in [2.24, 2.45) is 11.7 Å². The van der Waals surface area contributed by atoms with Gasteiger partial charge in [0.25, 0.3) is 0 Å². The van der Waals surface area contributed by atoms with Crippen LogP contribution in [0.5, 0.6) is 5.75 Å². The average Bonchev–Trinajstić information content (AvgIpc) is 3.42. The minimum absolute atomic E-state index is 0.0884.